The van der Waals surface area contributed by atoms with E-state index < -0.39 is 28.0 Å². The number of nitro benzene ring substituents is 1. The fourth-order valence-corrected chi connectivity index (χ4v) is 7.03. The third kappa shape index (κ3) is 8.65. The van der Waals surface area contributed by atoms with Crippen LogP contribution in [-0.4, -0.2) is 41.6 Å². The van der Waals surface area contributed by atoms with Gasteiger partial charge in [0.25, 0.3) is 0 Å². The van der Waals surface area contributed by atoms with Crippen molar-refractivity contribution in [3.05, 3.63) is 127 Å². The van der Waals surface area contributed by atoms with Gasteiger partial charge in [-0.3, -0.25) is 15.1 Å². The normalized spacial score (nSPS) is 13.6. The van der Waals surface area contributed by atoms with Crippen LogP contribution in [0.3, 0.4) is 0 Å². The lowest BCUT2D eigenvalue weighted by atomic mass is 9.70. The number of aliphatic imine (C=N–C) groups is 1. The molecule has 4 aromatic rings. The lowest BCUT2D eigenvalue weighted by Gasteiger charge is -2.40. The third-order valence-electron chi connectivity index (χ3n) is 10.1. The number of para-hydroxylation sites is 1. The Kier molecular flexibility index (Phi) is 11.8. The van der Waals surface area contributed by atoms with Crippen LogP contribution in [0.25, 0.3) is 0 Å². The van der Waals surface area contributed by atoms with Crippen LogP contribution < -0.4 is 9.47 Å². The number of methoxy groups -OCH3 is 2. The van der Waals surface area contributed by atoms with Gasteiger partial charge in [-0.05, 0) is 75.1 Å². The zero-order valence-corrected chi connectivity index (χ0v) is 34.7. The Labute approximate surface area is 322 Å². The molecule has 1 unspecified atom stereocenters. The predicted octanol–water partition coefficient (Wildman–Crippen LogP) is 10.5. The highest BCUT2D eigenvalue weighted by atomic mass is 16.6. The lowest BCUT2D eigenvalue weighted by Crippen LogP contribution is -2.42. The minimum Gasteiger partial charge on any atom is -0.502 e. The number of rotatable bonds is 10. The van der Waals surface area contributed by atoms with E-state index in [1.54, 1.807) is 20.3 Å². The summed E-state index contributed by atoms with van der Waals surface area (Å²) in [5.41, 5.74) is 2.40. The number of hydrogen-bond donors (Lipinski definition) is 2. The quantitative estimate of drug-likeness (QED) is 0.0952. The molecule has 0 aliphatic carbocycles. The molecule has 0 spiro atoms. The van der Waals surface area contributed by atoms with Crippen LogP contribution in [0.15, 0.2) is 77.8 Å². The van der Waals surface area contributed by atoms with Gasteiger partial charge in [0, 0.05) is 40.1 Å². The minimum atomic E-state index is -1.79. The molecule has 54 heavy (non-hydrogen) atoms. The Balaban J connectivity index is 2.28. The lowest BCUT2D eigenvalue weighted by molar-refractivity contribution is -0.385. The average molecular weight is 737 g/mol. The van der Waals surface area contributed by atoms with Crippen LogP contribution in [0.1, 0.15) is 128 Å². The molecule has 0 aliphatic rings. The summed E-state index contributed by atoms with van der Waals surface area (Å²) in [5.74, 6) is 1.05. The number of phenols is 1. The second-order valence-electron chi connectivity index (χ2n) is 18.4. The second-order valence-corrected chi connectivity index (χ2v) is 18.4. The highest BCUT2D eigenvalue weighted by molar-refractivity contribution is 5.85. The molecular weight excluding hydrogens is 677 g/mol. The van der Waals surface area contributed by atoms with E-state index >= 15 is 0 Å². The fourth-order valence-electron chi connectivity index (χ4n) is 7.03. The van der Waals surface area contributed by atoms with Crippen LogP contribution in [0.5, 0.6) is 17.2 Å². The minimum absolute atomic E-state index is 0.172. The highest BCUT2D eigenvalue weighted by Crippen LogP contribution is 2.49. The van der Waals surface area contributed by atoms with Crippen LogP contribution in [0.4, 0.5) is 5.69 Å². The van der Waals surface area contributed by atoms with Crippen molar-refractivity contribution >= 4 is 11.9 Å². The van der Waals surface area contributed by atoms with E-state index in [9.17, 15) is 20.3 Å². The first-order valence-electron chi connectivity index (χ1n) is 18.6. The SMILES string of the molecule is COc1c(C(C)(C)C)cc(C(O)(c2cc(C(C)(C)C)c(OC)c(C(C)(C)C)c2)C(Cc2ccccc2)N=Cc2cccc([N+](=O)[O-])c2O)cc1C(C)(C)C. The third-order valence-corrected chi connectivity index (χ3v) is 10.1. The van der Waals surface area contributed by atoms with Gasteiger partial charge in [0.1, 0.15) is 17.1 Å². The maximum Gasteiger partial charge on any atom is 0.311 e. The molecular formula is C46H60N2O6. The van der Waals surface area contributed by atoms with E-state index in [0.29, 0.717) is 17.5 Å². The molecule has 1 atom stereocenters. The molecule has 290 valence electrons. The predicted molar refractivity (Wildman–Crippen MR) is 220 cm³/mol. The Hall–Kier alpha value is -4.69. The second kappa shape index (κ2) is 15.2. The first kappa shape index (κ1) is 42.1. The average Bonchev–Trinajstić information content (AvgIpc) is 3.07. The monoisotopic (exact) mass is 736 g/mol. The first-order valence-corrected chi connectivity index (χ1v) is 18.6. The van der Waals surface area contributed by atoms with E-state index in [-0.39, 0.29) is 27.2 Å². The zero-order valence-electron chi connectivity index (χ0n) is 34.7. The van der Waals surface area contributed by atoms with Crippen molar-refractivity contribution in [3.8, 4) is 17.2 Å². The van der Waals surface area contributed by atoms with Crippen molar-refractivity contribution in [2.45, 2.75) is 123 Å². The van der Waals surface area contributed by atoms with Gasteiger partial charge < -0.3 is 19.7 Å². The van der Waals surface area contributed by atoms with E-state index in [1.165, 1.54) is 18.3 Å². The maximum absolute atomic E-state index is 14.1. The number of ether oxygens (including phenoxy) is 2. The van der Waals surface area contributed by atoms with Crippen molar-refractivity contribution in [1.29, 1.82) is 0 Å². The smallest absolute Gasteiger partial charge is 0.311 e. The molecule has 8 heteroatoms. The van der Waals surface area contributed by atoms with Gasteiger partial charge in [0.05, 0.1) is 25.2 Å². The number of nitro groups is 1. The molecule has 0 amide bonds. The van der Waals surface area contributed by atoms with Gasteiger partial charge in [-0.15, -0.1) is 0 Å². The first-order chi connectivity index (χ1) is 24.8. The zero-order chi connectivity index (χ0) is 40.6. The number of aromatic hydroxyl groups is 1. The molecule has 2 N–H and O–H groups in total. The van der Waals surface area contributed by atoms with E-state index in [0.717, 1.165) is 39.3 Å². The molecule has 4 aromatic carbocycles. The van der Waals surface area contributed by atoms with Crippen LogP contribution in [0.2, 0.25) is 0 Å². The summed E-state index contributed by atoms with van der Waals surface area (Å²) in [4.78, 5) is 16.3. The Morgan fingerprint density at radius 1 is 0.685 bits per heavy atom. The fraction of sp³-hybridized carbons (Fsp3) is 0.457. The molecule has 4 rings (SSSR count). The Morgan fingerprint density at radius 2 is 1.09 bits per heavy atom. The van der Waals surface area contributed by atoms with Crippen molar-refractivity contribution in [2.24, 2.45) is 4.99 Å². The van der Waals surface area contributed by atoms with Crippen LogP contribution in [0, 0.1) is 10.1 Å². The summed E-state index contributed by atoms with van der Waals surface area (Å²) in [6.45, 7) is 25.6. The highest BCUT2D eigenvalue weighted by Gasteiger charge is 2.44. The summed E-state index contributed by atoms with van der Waals surface area (Å²) < 4.78 is 12.3. The molecule has 0 saturated carbocycles. The summed E-state index contributed by atoms with van der Waals surface area (Å²) in [6, 6.07) is 21.5. The van der Waals surface area contributed by atoms with Crippen molar-refractivity contribution in [3.63, 3.8) is 0 Å². The van der Waals surface area contributed by atoms with Gasteiger partial charge in [-0.2, -0.15) is 0 Å². The molecule has 8 nitrogen and oxygen atoms in total. The molecule has 0 bridgehead atoms. The Morgan fingerprint density at radius 3 is 1.44 bits per heavy atom. The maximum atomic E-state index is 14.1. The van der Waals surface area contributed by atoms with Crippen LogP contribution >= 0.6 is 0 Å². The summed E-state index contributed by atoms with van der Waals surface area (Å²) in [5, 5.41) is 36.9. The van der Waals surface area contributed by atoms with E-state index in [1.807, 2.05) is 54.6 Å². The number of phenolic OH excluding ortho intramolecular Hbond substituents is 1. The van der Waals surface area contributed by atoms with Gasteiger partial charge >= 0.3 is 5.69 Å². The van der Waals surface area contributed by atoms with Gasteiger partial charge in [0.15, 0.2) is 0 Å². The topological polar surface area (TPSA) is 114 Å². The van der Waals surface area contributed by atoms with Crippen molar-refractivity contribution in [1.82, 2.24) is 0 Å². The number of hydrogen-bond acceptors (Lipinski definition) is 7. The summed E-state index contributed by atoms with van der Waals surface area (Å²) >= 11 is 0. The van der Waals surface area contributed by atoms with E-state index in [4.69, 9.17) is 14.5 Å². The standard InChI is InChI=1S/C46H60N2O6/c1-42(2,3)33-24-31(25-34(40(33)53-13)43(4,5)6)46(50,32-26-35(44(7,8)9)41(54-14)36(27-32)45(10,11)12)38(23-29-19-16-15-17-20-29)47-28-30-21-18-22-37(39(30)49)48(51)52/h15-22,24-28,38,49-50H,23H2,1-14H3. The summed E-state index contributed by atoms with van der Waals surface area (Å²) in [6.07, 6.45) is 1.74. The Bertz CT molecular complexity index is 1850. The largest absolute Gasteiger partial charge is 0.502 e. The molecule has 0 aliphatic heterocycles. The molecule has 0 radical (unpaired) electrons. The van der Waals surface area contributed by atoms with Gasteiger partial charge in [0.2, 0.25) is 5.75 Å². The van der Waals surface area contributed by atoms with Gasteiger partial charge in [-0.25, -0.2) is 0 Å². The van der Waals surface area contributed by atoms with Gasteiger partial charge in [-0.1, -0.05) is 119 Å². The molecule has 0 heterocycles. The van der Waals surface area contributed by atoms with Crippen molar-refractivity contribution in [2.75, 3.05) is 14.2 Å². The number of nitrogens with zero attached hydrogens (tertiary/aromatic N) is 2. The molecule has 0 fully saturated rings. The molecule has 0 aromatic heterocycles. The van der Waals surface area contributed by atoms with Crippen molar-refractivity contribution < 1.29 is 24.6 Å². The summed E-state index contributed by atoms with van der Waals surface area (Å²) in [7, 11) is 3.38. The number of aliphatic hydroxyl groups is 1. The molecule has 0 saturated heterocycles. The van der Waals surface area contributed by atoms with E-state index in [2.05, 4.69) is 83.1 Å². The number of benzene rings is 4. The van der Waals surface area contributed by atoms with Crippen LogP contribution in [-0.2, 0) is 33.7 Å².